The van der Waals surface area contributed by atoms with Gasteiger partial charge in [-0.3, -0.25) is 14.9 Å². The summed E-state index contributed by atoms with van der Waals surface area (Å²) in [6, 6.07) is 14.8. The smallest absolute Gasteiger partial charge is 0.271 e. The number of amides is 1. The number of anilines is 1. The zero-order chi connectivity index (χ0) is 13.8. The van der Waals surface area contributed by atoms with E-state index in [9.17, 15) is 14.9 Å². The summed E-state index contributed by atoms with van der Waals surface area (Å²) in [6.45, 7) is 0. The van der Waals surface area contributed by atoms with Crippen LogP contribution in [0.4, 0.5) is 11.4 Å². The van der Waals surface area contributed by atoms with Crippen molar-refractivity contribution in [3.05, 3.63) is 70.3 Å². The molecular weight excluding hydrogens is 244 g/mol. The molecule has 0 heterocycles. The van der Waals surface area contributed by atoms with Gasteiger partial charge in [0.25, 0.3) is 11.6 Å². The summed E-state index contributed by atoms with van der Waals surface area (Å²) in [5.41, 5.74) is 0.991. The first-order valence-corrected chi connectivity index (χ1v) is 5.67. The van der Waals surface area contributed by atoms with Gasteiger partial charge in [0.1, 0.15) is 0 Å². The Morgan fingerprint density at radius 3 is 2.42 bits per heavy atom. The minimum atomic E-state index is -0.482. The number of rotatable bonds is 3. The van der Waals surface area contributed by atoms with Gasteiger partial charge in [0.15, 0.2) is 0 Å². The van der Waals surface area contributed by atoms with Crippen LogP contribution >= 0.6 is 0 Å². The first kappa shape index (κ1) is 12.8. The number of hydrogen-bond acceptors (Lipinski definition) is 3. The van der Waals surface area contributed by atoms with Crippen molar-refractivity contribution < 1.29 is 9.72 Å². The molecule has 2 rings (SSSR count). The minimum absolute atomic E-state index is 0.0368. The van der Waals surface area contributed by atoms with Gasteiger partial charge >= 0.3 is 0 Å². The molecule has 0 aliphatic carbocycles. The molecule has 2 aromatic carbocycles. The van der Waals surface area contributed by atoms with E-state index in [1.165, 1.54) is 17.0 Å². The maximum atomic E-state index is 12.2. The molecule has 0 radical (unpaired) electrons. The molecule has 0 spiro atoms. The van der Waals surface area contributed by atoms with Gasteiger partial charge in [0, 0.05) is 24.7 Å². The summed E-state index contributed by atoms with van der Waals surface area (Å²) in [4.78, 5) is 23.8. The molecule has 0 fully saturated rings. The Morgan fingerprint density at radius 2 is 1.79 bits per heavy atom. The van der Waals surface area contributed by atoms with E-state index in [-0.39, 0.29) is 11.6 Å². The van der Waals surface area contributed by atoms with Crippen LogP contribution in [0.5, 0.6) is 0 Å². The Balaban J connectivity index is 2.29. The van der Waals surface area contributed by atoms with Crippen LogP contribution in [0.3, 0.4) is 0 Å². The fourth-order valence-electron chi connectivity index (χ4n) is 1.71. The highest BCUT2D eigenvalue weighted by atomic mass is 16.6. The zero-order valence-corrected chi connectivity index (χ0v) is 10.3. The lowest BCUT2D eigenvalue weighted by atomic mass is 10.2. The number of hydrogen-bond donors (Lipinski definition) is 0. The summed E-state index contributed by atoms with van der Waals surface area (Å²) in [6.07, 6.45) is 0. The second-order valence-corrected chi connectivity index (χ2v) is 4.01. The summed E-state index contributed by atoms with van der Waals surface area (Å²) < 4.78 is 0. The van der Waals surface area contributed by atoms with Crippen molar-refractivity contribution in [1.29, 1.82) is 0 Å². The molecule has 0 aliphatic rings. The Bertz CT molecular complexity index is 611. The van der Waals surface area contributed by atoms with Crippen molar-refractivity contribution >= 4 is 17.3 Å². The number of nitro benzene ring substituents is 1. The predicted octanol–water partition coefficient (Wildman–Crippen LogP) is 2.87. The molecule has 0 N–H and O–H groups in total. The summed E-state index contributed by atoms with van der Waals surface area (Å²) in [5, 5.41) is 10.7. The fourth-order valence-corrected chi connectivity index (χ4v) is 1.71. The Labute approximate surface area is 110 Å². The maximum Gasteiger partial charge on any atom is 0.271 e. The normalized spacial score (nSPS) is 9.95. The zero-order valence-electron chi connectivity index (χ0n) is 10.3. The number of carbonyl (C=O) groups is 1. The van der Waals surface area contributed by atoms with E-state index >= 15 is 0 Å². The van der Waals surface area contributed by atoms with Gasteiger partial charge in [-0.25, -0.2) is 0 Å². The van der Waals surface area contributed by atoms with Crippen LogP contribution in [0.1, 0.15) is 10.4 Å². The molecule has 0 unspecified atom stereocenters. The van der Waals surface area contributed by atoms with Crippen LogP contribution in [-0.2, 0) is 0 Å². The van der Waals surface area contributed by atoms with Gasteiger partial charge in [0.05, 0.1) is 10.6 Å². The van der Waals surface area contributed by atoms with Crippen LogP contribution in [0.25, 0.3) is 0 Å². The second-order valence-electron chi connectivity index (χ2n) is 4.01. The van der Waals surface area contributed by atoms with Gasteiger partial charge in [-0.2, -0.15) is 0 Å². The molecule has 0 saturated carbocycles. The number of non-ortho nitro benzene ring substituents is 1. The second kappa shape index (κ2) is 5.30. The average Bonchev–Trinajstić information content (AvgIpc) is 2.46. The number of nitrogens with zero attached hydrogens (tertiary/aromatic N) is 2. The Kier molecular flexibility index (Phi) is 3.56. The standard InChI is InChI=1S/C14H12N2O3/c1-15(14(17)11-6-3-2-4-7-11)12-8-5-9-13(10-12)16(18)19/h2-10H,1H3. The molecule has 1 amide bonds. The largest absolute Gasteiger partial charge is 0.311 e. The summed E-state index contributed by atoms with van der Waals surface area (Å²) >= 11 is 0. The predicted molar refractivity (Wildman–Crippen MR) is 72.3 cm³/mol. The van der Waals surface area contributed by atoms with Crippen molar-refractivity contribution in [3.8, 4) is 0 Å². The van der Waals surface area contributed by atoms with Crippen LogP contribution in [0.2, 0.25) is 0 Å². The average molecular weight is 256 g/mol. The first-order chi connectivity index (χ1) is 9.09. The lowest BCUT2D eigenvalue weighted by Gasteiger charge is -2.17. The van der Waals surface area contributed by atoms with E-state index in [4.69, 9.17) is 0 Å². The highest BCUT2D eigenvalue weighted by molar-refractivity contribution is 6.05. The van der Waals surface area contributed by atoms with Crippen LogP contribution in [0.15, 0.2) is 54.6 Å². The molecule has 0 saturated heterocycles. The molecule has 0 aliphatic heterocycles. The SMILES string of the molecule is CN(C(=O)c1ccccc1)c1cccc([N+](=O)[O-])c1. The molecule has 96 valence electrons. The number of nitro groups is 1. The van der Waals surface area contributed by atoms with E-state index in [0.29, 0.717) is 11.3 Å². The first-order valence-electron chi connectivity index (χ1n) is 5.67. The van der Waals surface area contributed by atoms with Gasteiger partial charge in [0.2, 0.25) is 0 Å². The van der Waals surface area contributed by atoms with Gasteiger partial charge in [-0.05, 0) is 18.2 Å². The van der Waals surface area contributed by atoms with E-state index in [2.05, 4.69) is 0 Å². The molecule has 0 bridgehead atoms. The van der Waals surface area contributed by atoms with Crippen LogP contribution in [0, 0.1) is 10.1 Å². The number of carbonyl (C=O) groups excluding carboxylic acids is 1. The molecule has 0 aromatic heterocycles. The minimum Gasteiger partial charge on any atom is -0.311 e. The summed E-state index contributed by atoms with van der Waals surface area (Å²) in [5.74, 6) is -0.207. The van der Waals surface area contributed by atoms with Gasteiger partial charge < -0.3 is 4.90 Å². The molecule has 0 atom stereocenters. The summed E-state index contributed by atoms with van der Waals surface area (Å²) in [7, 11) is 1.59. The maximum absolute atomic E-state index is 12.2. The lowest BCUT2D eigenvalue weighted by Crippen LogP contribution is -2.26. The van der Waals surface area contributed by atoms with Crippen LogP contribution in [-0.4, -0.2) is 17.9 Å². The molecule has 5 heteroatoms. The highest BCUT2D eigenvalue weighted by Gasteiger charge is 2.15. The Hall–Kier alpha value is -2.69. The van der Waals surface area contributed by atoms with Crippen LogP contribution < -0.4 is 4.90 Å². The molecule has 2 aromatic rings. The van der Waals surface area contributed by atoms with E-state index in [0.717, 1.165) is 0 Å². The third-order valence-electron chi connectivity index (χ3n) is 2.75. The van der Waals surface area contributed by atoms with E-state index in [1.54, 1.807) is 43.4 Å². The molecule has 5 nitrogen and oxygen atoms in total. The topological polar surface area (TPSA) is 63.5 Å². The molecular formula is C14H12N2O3. The third kappa shape index (κ3) is 2.77. The fraction of sp³-hybridized carbons (Fsp3) is 0.0714. The van der Waals surface area contributed by atoms with Crippen molar-refractivity contribution in [2.24, 2.45) is 0 Å². The van der Waals surface area contributed by atoms with Gasteiger partial charge in [-0.1, -0.05) is 24.3 Å². The number of benzene rings is 2. The van der Waals surface area contributed by atoms with Gasteiger partial charge in [-0.15, -0.1) is 0 Å². The lowest BCUT2D eigenvalue weighted by molar-refractivity contribution is -0.384. The van der Waals surface area contributed by atoms with E-state index < -0.39 is 4.92 Å². The quantitative estimate of drug-likeness (QED) is 0.626. The Morgan fingerprint density at radius 1 is 1.11 bits per heavy atom. The van der Waals surface area contributed by atoms with Crippen molar-refractivity contribution in [2.75, 3.05) is 11.9 Å². The van der Waals surface area contributed by atoms with Crippen molar-refractivity contribution in [2.45, 2.75) is 0 Å². The monoisotopic (exact) mass is 256 g/mol. The molecule has 19 heavy (non-hydrogen) atoms. The van der Waals surface area contributed by atoms with Crippen molar-refractivity contribution in [3.63, 3.8) is 0 Å². The van der Waals surface area contributed by atoms with E-state index in [1.807, 2.05) is 6.07 Å². The highest BCUT2D eigenvalue weighted by Crippen LogP contribution is 2.21. The third-order valence-corrected chi connectivity index (χ3v) is 2.75. The van der Waals surface area contributed by atoms with Crippen molar-refractivity contribution in [1.82, 2.24) is 0 Å².